The van der Waals surface area contributed by atoms with Crippen molar-refractivity contribution in [1.82, 2.24) is 0 Å². The van der Waals surface area contributed by atoms with Gasteiger partial charge in [-0.05, 0) is 37.1 Å². The fourth-order valence-corrected chi connectivity index (χ4v) is 1.20. The van der Waals surface area contributed by atoms with E-state index in [1.165, 1.54) is 0 Å². The molecule has 12 heavy (non-hydrogen) atoms. The van der Waals surface area contributed by atoms with Crippen LogP contribution >= 0.6 is 23.2 Å². The van der Waals surface area contributed by atoms with Crippen LogP contribution in [0.2, 0.25) is 10.0 Å². The fraction of sp³-hybridized carbons (Fsp3) is 0.222. The average molecular weight is 203 g/mol. The van der Waals surface area contributed by atoms with Gasteiger partial charge in [-0.2, -0.15) is 0 Å². The molecule has 0 unspecified atom stereocenters. The van der Waals surface area contributed by atoms with Crippen molar-refractivity contribution in [3.8, 4) is 0 Å². The summed E-state index contributed by atoms with van der Waals surface area (Å²) in [5.41, 5.74) is 6.42. The largest absolute Gasteiger partial charge is 0.330 e. The second kappa shape index (κ2) is 4.70. The van der Waals surface area contributed by atoms with E-state index in [1.807, 2.05) is 18.6 Å². The van der Waals surface area contributed by atoms with Crippen LogP contribution in [0.15, 0.2) is 18.2 Å². The molecule has 0 aliphatic heterocycles. The number of nitrogens with two attached hydrogens (primary N) is 1. The average Bonchev–Trinajstić information content (AvgIpc) is 2.07. The molecule has 2 N–H and O–H groups in total. The maximum Gasteiger partial charge on any atom is 0.0595 e. The minimum Gasteiger partial charge on any atom is -0.330 e. The molecule has 1 aromatic rings. The highest BCUT2D eigenvalue weighted by Gasteiger charge is 1.98. The van der Waals surface area contributed by atoms with Gasteiger partial charge in [0.25, 0.3) is 0 Å². The topological polar surface area (TPSA) is 26.0 Å². The first kappa shape index (κ1) is 9.85. The zero-order valence-corrected chi connectivity index (χ0v) is 8.07. The molecule has 0 saturated heterocycles. The van der Waals surface area contributed by atoms with Gasteiger partial charge in [-0.15, -0.1) is 0 Å². The molecule has 0 spiro atoms. The number of rotatable bonds is 3. The fourth-order valence-electron chi connectivity index (χ4n) is 0.889. The Labute approximate surface area is 82.5 Å². The Kier molecular flexibility index (Phi) is 3.86. The molecule has 0 aromatic heterocycles. The lowest BCUT2D eigenvalue weighted by molar-refractivity contribution is 0.960. The zero-order chi connectivity index (χ0) is 8.97. The second-order valence-corrected chi connectivity index (χ2v) is 3.27. The van der Waals surface area contributed by atoms with Gasteiger partial charge in [0.2, 0.25) is 0 Å². The van der Waals surface area contributed by atoms with Crippen molar-refractivity contribution in [2.24, 2.45) is 5.73 Å². The summed E-state index contributed by atoms with van der Waals surface area (Å²) in [6.45, 7) is 0.653. The van der Waals surface area contributed by atoms with Gasteiger partial charge in [-0.25, -0.2) is 0 Å². The first-order chi connectivity index (χ1) is 5.74. The summed E-state index contributed by atoms with van der Waals surface area (Å²) in [4.78, 5) is 0. The molecule has 0 aliphatic carbocycles. The van der Waals surface area contributed by atoms with Crippen molar-refractivity contribution in [2.75, 3.05) is 6.54 Å². The van der Waals surface area contributed by atoms with Crippen LogP contribution in [0.5, 0.6) is 0 Å². The molecular formula is C9H10Cl2N. The van der Waals surface area contributed by atoms with Crippen molar-refractivity contribution in [1.29, 1.82) is 0 Å². The van der Waals surface area contributed by atoms with Crippen molar-refractivity contribution in [2.45, 2.75) is 6.42 Å². The lowest BCUT2D eigenvalue weighted by Crippen LogP contribution is -1.98. The van der Waals surface area contributed by atoms with Gasteiger partial charge < -0.3 is 5.73 Å². The van der Waals surface area contributed by atoms with Gasteiger partial charge in [0.05, 0.1) is 10.0 Å². The molecule has 1 aromatic carbocycles. The van der Waals surface area contributed by atoms with E-state index in [1.54, 1.807) is 6.07 Å². The molecule has 0 bridgehead atoms. The van der Waals surface area contributed by atoms with E-state index >= 15 is 0 Å². The third kappa shape index (κ3) is 2.67. The summed E-state index contributed by atoms with van der Waals surface area (Å²) in [5.74, 6) is 0. The van der Waals surface area contributed by atoms with Crippen LogP contribution in [0, 0.1) is 6.42 Å². The third-order valence-electron chi connectivity index (χ3n) is 1.49. The molecule has 0 fully saturated rings. The lowest BCUT2D eigenvalue weighted by atomic mass is 10.1. The van der Waals surface area contributed by atoms with Crippen LogP contribution < -0.4 is 5.73 Å². The second-order valence-electron chi connectivity index (χ2n) is 2.46. The molecule has 3 heteroatoms. The van der Waals surface area contributed by atoms with Gasteiger partial charge in [0.1, 0.15) is 0 Å². The molecule has 1 nitrogen and oxygen atoms in total. The van der Waals surface area contributed by atoms with E-state index in [4.69, 9.17) is 28.9 Å². The standard InChI is InChI=1S/C9H10Cl2N/c10-8-4-3-7(2-1-5-12)6-9(8)11/h2-4,6H,1,5,12H2. The minimum absolute atomic E-state index is 0.585. The molecular weight excluding hydrogens is 193 g/mol. The first-order valence-electron chi connectivity index (χ1n) is 3.72. The Morgan fingerprint density at radius 1 is 1.25 bits per heavy atom. The highest BCUT2D eigenvalue weighted by molar-refractivity contribution is 6.42. The molecule has 0 heterocycles. The van der Waals surface area contributed by atoms with Crippen LogP contribution in [-0.2, 0) is 0 Å². The highest BCUT2D eigenvalue weighted by Crippen LogP contribution is 2.23. The summed E-state index contributed by atoms with van der Waals surface area (Å²) in [6.07, 6.45) is 2.89. The van der Waals surface area contributed by atoms with Crippen molar-refractivity contribution in [3.63, 3.8) is 0 Å². The van der Waals surface area contributed by atoms with Gasteiger partial charge >= 0.3 is 0 Å². The van der Waals surface area contributed by atoms with Gasteiger partial charge in [-0.3, -0.25) is 0 Å². The maximum absolute atomic E-state index is 5.81. The van der Waals surface area contributed by atoms with E-state index in [2.05, 4.69) is 0 Å². The van der Waals surface area contributed by atoms with Gasteiger partial charge in [-0.1, -0.05) is 29.3 Å². The quantitative estimate of drug-likeness (QED) is 0.802. The Balaban J connectivity index is 2.69. The predicted molar refractivity (Wildman–Crippen MR) is 53.5 cm³/mol. The van der Waals surface area contributed by atoms with Crippen molar-refractivity contribution < 1.29 is 0 Å². The predicted octanol–water partition coefficient (Wildman–Crippen LogP) is 2.89. The smallest absolute Gasteiger partial charge is 0.0595 e. The molecule has 0 atom stereocenters. The van der Waals surface area contributed by atoms with E-state index in [9.17, 15) is 0 Å². The highest BCUT2D eigenvalue weighted by atomic mass is 35.5. The zero-order valence-electron chi connectivity index (χ0n) is 6.56. The van der Waals surface area contributed by atoms with E-state index < -0.39 is 0 Å². The molecule has 0 saturated carbocycles. The molecule has 1 rings (SSSR count). The lowest BCUT2D eigenvalue weighted by Gasteiger charge is -2.00. The van der Waals surface area contributed by atoms with Crippen molar-refractivity contribution in [3.05, 3.63) is 40.2 Å². The monoisotopic (exact) mass is 202 g/mol. The van der Waals surface area contributed by atoms with Crippen LogP contribution in [0.25, 0.3) is 0 Å². The Bertz CT molecular complexity index is 261. The van der Waals surface area contributed by atoms with Crippen molar-refractivity contribution >= 4 is 23.2 Å². The summed E-state index contributed by atoms with van der Waals surface area (Å²) in [7, 11) is 0. The maximum atomic E-state index is 5.81. The Morgan fingerprint density at radius 3 is 2.58 bits per heavy atom. The van der Waals surface area contributed by atoms with Crippen LogP contribution in [0.1, 0.15) is 12.0 Å². The van der Waals surface area contributed by atoms with E-state index in [0.717, 1.165) is 12.0 Å². The summed E-state index contributed by atoms with van der Waals surface area (Å²) in [5, 5.41) is 1.17. The van der Waals surface area contributed by atoms with Crippen LogP contribution in [-0.4, -0.2) is 6.54 Å². The normalized spacial score (nSPS) is 10.2. The number of halogens is 2. The molecule has 0 amide bonds. The van der Waals surface area contributed by atoms with Crippen LogP contribution in [0.3, 0.4) is 0 Å². The first-order valence-corrected chi connectivity index (χ1v) is 4.48. The third-order valence-corrected chi connectivity index (χ3v) is 2.23. The van der Waals surface area contributed by atoms with Crippen LogP contribution in [0.4, 0.5) is 0 Å². The number of hydrogen-bond donors (Lipinski definition) is 1. The number of hydrogen-bond acceptors (Lipinski definition) is 1. The molecule has 65 valence electrons. The Morgan fingerprint density at radius 2 is 2.00 bits per heavy atom. The van der Waals surface area contributed by atoms with Gasteiger partial charge in [0.15, 0.2) is 0 Å². The SMILES string of the molecule is NCC[CH]c1ccc(Cl)c(Cl)c1. The molecule has 1 radical (unpaired) electrons. The molecule has 0 aliphatic rings. The van der Waals surface area contributed by atoms with E-state index in [-0.39, 0.29) is 0 Å². The summed E-state index contributed by atoms with van der Waals surface area (Å²) in [6, 6.07) is 5.54. The van der Waals surface area contributed by atoms with E-state index in [0.29, 0.717) is 16.6 Å². The Hall–Kier alpha value is -0.240. The summed E-state index contributed by atoms with van der Waals surface area (Å²) < 4.78 is 0. The minimum atomic E-state index is 0.585. The number of benzene rings is 1. The van der Waals surface area contributed by atoms with Gasteiger partial charge in [0, 0.05) is 0 Å². The summed E-state index contributed by atoms with van der Waals surface area (Å²) >= 11 is 11.6.